The molecule has 1 spiro atoms. The van der Waals surface area contributed by atoms with Crippen LogP contribution in [0.3, 0.4) is 0 Å². The molecule has 2 aromatic carbocycles. The van der Waals surface area contributed by atoms with Crippen molar-refractivity contribution >= 4 is 21.4 Å². The zero-order valence-electron chi connectivity index (χ0n) is 24.8. The highest BCUT2D eigenvalue weighted by atomic mass is 32.2. The number of carbonyl (C=O) groups is 1. The molecule has 1 fully saturated rings. The largest absolute Gasteiger partial charge is 0.490 e. The number of hydrogen-bond acceptors (Lipinski definition) is 6. The van der Waals surface area contributed by atoms with Crippen molar-refractivity contribution in [2.45, 2.75) is 74.4 Å². The van der Waals surface area contributed by atoms with Gasteiger partial charge in [0.1, 0.15) is 12.4 Å². The number of amides is 1. The Morgan fingerprint density at radius 3 is 2.67 bits per heavy atom. The summed E-state index contributed by atoms with van der Waals surface area (Å²) < 4.78 is 35.4. The first-order chi connectivity index (χ1) is 20.0. The third-order valence-corrected chi connectivity index (χ3v) is 13.3. The van der Waals surface area contributed by atoms with Crippen molar-refractivity contribution in [3.05, 3.63) is 84.5 Å². The van der Waals surface area contributed by atoms with Gasteiger partial charge in [0, 0.05) is 24.1 Å². The van der Waals surface area contributed by atoms with Gasteiger partial charge in [-0.2, -0.15) is 0 Å². The fraction of sp³-hybridized carbons (Fsp3) is 0.500. The van der Waals surface area contributed by atoms with E-state index in [9.17, 15) is 18.3 Å². The van der Waals surface area contributed by atoms with Crippen LogP contribution in [-0.4, -0.2) is 55.7 Å². The molecule has 226 valence electrons. The van der Waals surface area contributed by atoms with Gasteiger partial charge in [0.05, 0.1) is 27.7 Å². The summed E-state index contributed by atoms with van der Waals surface area (Å²) in [6, 6.07) is 13.3. The average Bonchev–Trinajstić information content (AvgIpc) is 3.14. The van der Waals surface area contributed by atoms with Crippen molar-refractivity contribution in [2.24, 2.45) is 17.1 Å². The summed E-state index contributed by atoms with van der Waals surface area (Å²) >= 11 is 0. The predicted molar refractivity (Wildman–Crippen MR) is 168 cm³/mol. The molecular formula is C34H44N2O5S. The van der Waals surface area contributed by atoms with E-state index in [1.165, 1.54) is 0 Å². The van der Waals surface area contributed by atoms with Crippen LogP contribution in [0.4, 0.5) is 5.69 Å². The topological polar surface area (TPSA) is 110 Å². The number of benzene rings is 2. The van der Waals surface area contributed by atoms with E-state index in [2.05, 4.69) is 37.1 Å². The first kappa shape index (κ1) is 30.4. The van der Waals surface area contributed by atoms with Crippen LogP contribution in [0.15, 0.2) is 67.8 Å². The highest BCUT2D eigenvalue weighted by Gasteiger charge is 2.55. The van der Waals surface area contributed by atoms with Gasteiger partial charge < -0.3 is 20.5 Å². The molecule has 8 heteroatoms. The van der Waals surface area contributed by atoms with Crippen LogP contribution in [-0.2, 0) is 21.7 Å². The molecular weight excluding hydrogens is 548 g/mol. The van der Waals surface area contributed by atoms with E-state index >= 15 is 0 Å². The average molecular weight is 593 g/mol. The van der Waals surface area contributed by atoms with Crippen molar-refractivity contribution < 1.29 is 23.1 Å². The maximum Gasteiger partial charge on any atom is 0.248 e. The molecule has 0 aromatic heterocycles. The summed E-state index contributed by atoms with van der Waals surface area (Å²) in [4.78, 5) is 14.4. The first-order valence-corrected chi connectivity index (χ1v) is 16.6. The van der Waals surface area contributed by atoms with E-state index in [4.69, 9.17) is 10.5 Å². The number of hydrogen-bond donors (Lipinski definition) is 2. The molecule has 0 saturated heterocycles. The number of anilines is 1. The van der Waals surface area contributed by atoms with Crippen LogP contribution in [0.25, 0.3) is 0 Å². The fourth-order valence-corrected chi connectivity index (χ4v) is 9.87. The number of aliphatic hydroxyl groups is 1. The highest BCUT2D eigenvalue weighted by Crippen LogP contribution is 2.52. The minimum atomic E-state index is -3.58. The van der Waals surface area contributed by atoms with Crippen LogP contribution in [0, 0.1) is 11.3 Å². The molecule has 7 nitrogen and oxygen atoms in total. The molecule has 5 rings (SSSR count). The molecule has 6 atom stereocenters. The summed E-state index contributed by atoms with van der Waals surface area (Å²) in [6.45, 7) is 12.7. The lowest BCUT2D eigenvalue weighted by Gasteiger charge is -2.52. The molecule has 2 aliphatic carbocycles. The Hall–Kier alpha value is -3.10. The quantitative estimate of drug-likeness (QED) is 0.377. The van der Waals surface area contributed by atoms with Gasteiger partial charge in [-0.3, -0.25) is 4.79 Å². The van der Waals surface area contributed by atoms with E-state index in [1.54, 1.807) is 30.4 Å². The van der Waals surface area contributed by atoms with Gasteiger partial charge in [-0.25, -0.2) is 8.42 Å². The van der Waals surface area contributed by atoms with Crippen LogP contribution in [0.5, 0.6) is 5.75 Å². The highest BCUT2D eigenvalue weighted by molar-refractivity contribution is 7.92. The summed E-state index contributed by atoms with van der Waals surface area (Å²) in [5.41, 5.74) is 7.75. The lowest BCUT2D eigenvalue weighted by atomic mass is 9.58. The predicted octanol–water partition coefficient (Wildman–Crippen LogP) is 4.97. The van der Waals surface area contributed by atoms with Crippen molar-refractivity contribution in [1.82, 2.24) is 0 Å². The van der Waals surface area contributed by atoms with Gasteiger partial charge in [-0.05, 0) is 80.7 Å². The number of carbonyl (C=O) groups excluding carboxylic acids is 1. The second-order valence-corrected chi connectivity index (χ2v) is 15.3. The molecule has 1 saturated carbocycles. The van der Waals surface area contributed by atoms with Crippen LogP contribution < -0.4 is 15.4 Å². The van der Waals surface area contributed by atoms with Crippen molar-refractivity contribution in [1.29, 1.82) is 0 Å². The van der Waals surface area contributed by atoms with Crippen LogP contribution in [0.2, 0.25) is 0 Å². The lowest BCUT2D eigenvalue weighted by Crippen LogP contribution is -2.59. The SMILES string of the molecule is C=CCC[C@@H](C)S(=O)(=O)C1CCc2ccccc2C12COc1ccc(C(N)=O)cc1N(C[C@H]1CC[C@]1(C)[C@@H](O)C=C)C2. The molecule has 1 aliphatic heterocycles. The Kier molecular flexibility index (Phi) is 8.33. The molecule has 2 unspecified atom stereocenters. The number of ether oxygens (including phenoxy) is 1. The first-order valence-electron chi connectivity index (χ1n) is 15.0. The van der Waals surface area contributed by atoms with E-state index in [1.807, 2.05) is 19.1 Å². The monoisotopic (exact) mass is 592 g/mol. The lowest BCUT2D eigenvalue weighted by molar-refractivity contribution is -0.0466. The van der Waals surface area contributed by atoms with Crippen LogP contribution in [0.1, 0.15) is 67.4 Å². The van der Waals surface area contributed by atoms with Crippen molar-refractivity contribution in [2.75, 3.05) is 24.6 Å². The van der Waals surface area contributed by atoms with E-state index in [0.717, 1.165) is 29.7 Å². The Morgan fingerprint density at radius 1 is 1.24 bits per heavy atom. The number of rotatable bonds is 10. The molecule has 42 heavy (non-hydrogen) atoms. The number of sulfone groups is 1. The Labute approximate surface area is 250 Å². The number of allylic oxidation sites excluding steroid dienone is 1. The van der Waals surface area contributed by atoms with Gasteiger partial charge in [-0.1, -0.05) is 43.3 Å². The number of nitrogens with zero attached hydrogens (tertiary/aromatic N) is 1. The summed E-state index contributed by atoms with van der Waals surface area (Å²) in [6.07, 6.45) is 6.86. The zero-order valence-corrected chi connectivity index (χ0v) is 25.6. The number of fused-ring (bicyclic) bond motifs is 3. The standard InChI is InChI=1S/C34H44N2O5S/c1-5-7-10-23(3)42(39,40)31-16-14-24-11-8-9-12-27(24)34(31)21-36(20-26-17-18-33(26,4)30(37)6-2)28-19-25(32(35)38)13-15-29(28)41-22-34/h5-6,8-9,11-13,15,19,23,26,30-31,37H,1-2,7,10,14,16-18,20-22H2,3-4H3,(H2,35,38)/t23-,26-,30+,31?,33+,34?/m1/s1. The molecule has 1 amide bonds. The summed E-state index contributed by atoms with van der Waals surface area (Å²) in [5.74, 6) is 0.194. The third kappa shape index (κ3) is 5.06. The molecule has 3 N–H and O–H groups in total. The number of primary amides is 1. The Balaban J connectivity index is 1.65. The minimum absolute atomic E-state index is 0.131. The summed E-state index contributed by atoms with van der Waals surface area (Å²) in [5, 5.41) is 9.67. The second-order valence-electron chi connectivity index (χ2n) is 12.7. The normalized spacial score (nSPS) is 28.3. The number of nitrogens with two attached hydrogens (primary N) is 1. The van der Waals surface area contributed by atoms with Gasteiger partial charge in [0.25, 0.3) is 0 Å². The van der Waals surface area contributed by atoms with Gasteiger partial charge in [0.15, 0.2) is 9.84 Å². The molecule has 0 radical (unpaired) electrons. The van der Waals surface area contributed by atoms with E-state index in [-0.39, 0.29) is 17.9 Å². The number of aryl methyl sites for hydroxylation is 1. The molecule has 0 bridgehead atoms. The fourth-order valence-electron chi connectivity index (χ4n) is 7.50. The van der Waals surface area contributed by atoms with E-state index < -0.39 is 37.8 Å². The van der Waals surface area contributed by atoms with Gasteiger partial charge in [-0.15, -0.1) is 13.2 Å². The van der Waals surface area contributed by atoms with Crippen molar-refractivity contribution in [3.8, 4) is 5.75 Å². The zero-order chi connectivity index (χ0) is 30.3. The number of aliphatic hydroxyl groups excluding tert-OH is 1. The maximum atomic E-state index is 14.4. The van der Waals surface area contributed by atoms with Gasteiger partial charge >= 0.3 is 0 Å². The minimum Gasteiger partial charge on any atom is -0.490 e. The van der Waals surface area contributed by atoms with Crippen molar-refractivity contribution in [3.63, 3.8) is 0 Å². The maximum absolute atomic E-state index is 14.4. The molecule has 2 aromatic rings. The molecule has 3 aliphatic rings. The van der Waals surface area contributed by atoms with Gasteiger partial charge in [0.2, 0.25) is 5.91 Å². The van der Waals surface area contributed by atoms with Crippen LogP contribution >= 0.6 is 0 Å². The second kappa shape index (κ2) is 11.5. The molecule has 1 heterocycles. The van der Waals surface area contributed by atoms with E-state index in [0.29, 0.717) is 50.1 Å². The smallest absolute Gasteiger partial charge is 0.248 e. The Morgan fingerprint density at radius 2 is 2.00 bits per heavy atom. The third-order valence-electron chi connectivity index (χ3n) is 10.4. The Bertz CT molecular complexity index is 1470. The summed E-state index contributed by atoms with van der Waals surface area (Å²) in [7, 11) is -3.58.